The number of carbonyl (C=O) groups is 2. The molecule has 1 atom stereocenters. The Balaban J connectivity index is 1.78. The number of rotatable bonds is 1. The number of pyridine rings is 1. The van der Waals surface area contributed by atoms with Crippen LogP contribution in [0.3, 0.4) is 0 Å². The number of nitrogens with zero attached hydrogens (tertiary/aromatic N) is 2. The van der Waals surface area contributed by atoms with Crippen molar-refractivity contribution in [3.63, 3.8) is 0 Å². The monoisotopic (exact) mass is 280 g/mol. The van der Waals surface area contributed by atoms with Crippen molar-refractivity contribution in [3.05, 3.63) is 70.2 Å². The Bertz CT molecular complexity index is 750. The Morgan fingerprint density at radius 2 is 1.76 bits per heavy atom. The molecule has 1 aromatic heterocycles. The molecule has 1 aliphatic heterocycles. The van der Waals surface area contributed by atoms with E-state index in [-0.39, 0.29) is 17.9 Å². The van der Waals surface area contributed by atoms with Crippen LogP contribution in [-0.2, 0) is 6.42 Å². The van der Waals surface area contributed by atoms with Crippen molar-refractivity contribution in [1.82, 2.24) is 4.90 Å². The Kier molecular flexibility index (Phi) is 2.39. The van der Waals surface area contributed by atoms with E-state index in [4.69, 9.17) is 0 Å². The molecule has 21 heavy (non-hydrogen) atoms. The van der Waals surface area contributed by atoms with Crippen molar-refractivity contribution >= 4 is 11.8 Å². The van der Waals surface area contributed by atoms with Crippen LogP contribution in [0.15, 0.2) is 42.7 Å². The summed E-state index contributed by atoms with van der Waals surface area (Å²) in [4.78, 5) is 26.4. The molecule has 0 saturated heterocycles. The SMILES string of the molecule is O=C1c2ccccc2C(=O)N1[C@@H]1CCc2c[n+]([O-])ccc21. The number of aryl methyl sites for hydroxylation is 1. The molecule has 5 heteroatoms. The topological polar surface area (TPSA) is 64.3 Å². The Hall–Kier alpha value is -2.69. The lowest BCUT2D eigenvalue weighted by atomic mass is 10.1. The summed E-state index contributed by atoms with van der Waals surface area (Å²) in [5.74, 6) is -0.486. The zero-order chi connectivity index (χ0) is 14.6. The first kappa shape index (κ1) is 12.1. The zero-order valence-corrected chi connectivity index (χ0v) is 11.2. The van der Waals surface area contributed by atoms with Gasteiger partial charge in [-0.25, -0.2) is 0 Å². The molecule has 2 aromatic rings. The van der Waals surface area contributed by atoms with Gasteiger partial charge in [0, 0.05) is 11.6 Å². The summed E-state index contributed by atoms with van der Waals surface area (Å²) >= 11 is 0. The van der Waals surface area contributed by atoms with Gasteiger partial charge in [-0.3, -0.25) is 14.5 Å². The summed E-state index contributed by atoms with van der Waals surface area (Å²) in [5.41, 5.74) is 2.74. The first-order valence-corrected chi connectivity index (χ1v) is 6.85. The second-order valence-corrected chi connectivity index (χ2v) is 5.37. The summed E-state index contributed by atoms with van der Waals surface area (Å²) in [7, 11) is 0. The number of imide groups is 1. The lowest BCUT2D eigenvalue weighted by Gasteiger charge is -2.22. The predicted molar refractivity (Wildman–Crippen MR) is 73.4 cm³/mol. The van der Waals surface area contributed by atoms with Gasteiger partial charge in [0.15, 0.2) is 12.4 Å². The predicted octanol–water partition coefficient (Wildman–Crippen LogP) is 1.60. The molecule has 2 amide bonds. The molecular formula is C16H12N2O3. The van der Waals surface area contributed by atoms with Crippen LogP contribution in [0.1, 0.15) is 44.3 Å². The lowest BCUT2D eigenvalue weighted by Crippen LogP contribution is -2.33. The second kappa shape index (κ2) is 4.15. The summed E-state index contributed by atoms with van der Waals surface area (Å²) in [6.07, 6.45) is 4.31. The fraction of sp³-hybridized carbons (Fsp3) is 0.188. The molecule has 1 aromatic carbocycles. The largest absolute Gasteiger partial charge is 0.619 e. The van der Waals surface area contributed by atoms with E-state index in [9.17, 15) is 14.8 Å². The molecule has 0 bridgehead atoms. The van der Waals surface area contributed by atoms with Crippen LogP contribution in [0.4, 0.5) is 0 Å². The Morgan fingerprint density at radius 1 is 1.10 bits per heavy atom. The number of hydrogen-bond donors (Lipinski definition) is 0. The van der Waals surface area contributed by atoms with Gasteiger partial charge in [-0.2, -0.15) is 4.73 Å². The maximum Gasteiger partial charge on any atom is 0.262 e. The number of carbonyl (C=O) groups excluding carboxylic acids is 2. The van der Waals surface area contributed by atoms with E-state index < -0.39 is 0 Å². The third-order valence-electron chi connectivity index (χ3n) is 4.24. The number of aromatic nitrogens is 1. The second-order valence-electron chi connectivity index (χ2n) is 5.37. The first-order chi connectivity index (χ1) is 10.2. The van der Waals surface area contributed by atoms with Gasteiger partial charge in [-0.05, 0) is 30.5 Å². The molecule has 4 rings (SSSR count). The van der Waals surface area contributed by atoms with E-state index in [0.29, 0.717) is 24.0 Å². The standard InChI is InChI=1S/C16H12N2O3/c19-15-12-3-1-2-4-13(12)16(20)18(15)14-6-5-10-9-17(21)8-7-11(10)14/h1-4,7-9,14H,5-6H2/t14-/m1/s1. The minimum absolute atomic E-state index is 0.243. The van der Waals surface area contributed by atoms with Crippen LogP contribution in [0.25, 0.3) is 0 Å². The highest BCUT2D eigenvalue weighted by atomic mass is 16.5. The van der Waals surface area contributed by atoms with Crippen molar-refractivity contribution < 1.29 is 14.3 Å². The summed E-state index contributed by atoms with van der Waals surface area (Å²) < 4.78 is 0.754. The normalized spacial score (nSPS) is 19.8. The van der Waals surface area contributed by atoms with Crippen LogP contribution < -0.4 is 4.73 Å². The van der Waals surface area contributed by atoms with Gasteiger partial charge in [0.1, 0.15) is 0 Å². The average Bonchev–Trinajstić information content (AvgIpc) is 2.99. The van der Waals surface area contributed by atoms with Gasteiger partial charge < -0.3 is 5.21 Å². The van der Waals surface area contributed by atoms with Gasteiger partial charge in [0.25, 0.3) is 11.8 Å². The molecular weight excluding hydrogens is 268 g/mol. The molecule has 104 valence electrons. The lowest BCUT2D eigenvalue weighted by molar-refractivity contribution is -0.605. The molecule has 2 aliphatic rings. The molecule has 0 fully saturated rings. The molecule has 5 nitrogen and oxygen atoms in total. The van der Waals surface area contributed by atoms with E-state index in [1.807, 2.05) is 0 Å². The number of benzene rings is 1. The summed E-state index contributed by atoms with van der Waals surface area (Å²) in [6.45, 7) is 0. The maximum atomic E-state index is 12.5. The summed E-state index contributed by atoms with van der Waals surface area (Å²) in [6, 6.07) is 8.33. The fourth-order valence-corrected chi connectivity index (χ4v) is 3.27. The highest BCUT2D eigenvalue weighted by Gasteiger charge is 2.42. The van der Waals surface area contributed by atoms with E-state index in [2.05, 4.69) is 0 Å². The van der Waals surface area contributed by atoms with E-state index in [1.54, 1.807) is 30.3 Å². The smallest absolute Gasteiger partial charge is 0.262 e. The molecule has 1 aliphatic carbocycles. The van der Waals surface area contributed by atoms with Crippen molar-refractivity contribution in [1.29, 1.82) is 0 Å². The molecule has 0 N–H and O–H groups in total. The third-order valence-corrected chi connectivity index (χ3v) is 4.24. The van der Waals surface area contributed by atoms with Gasteiger partial charge in [-0.1, -0.05) is 12.1 Å². The number of hydrogen-bond acceptors (Lipinski definition) is 3. The minimum atomic E-state index is -0.270. The van der Waals surface area contributed by atoms with Crippen molar-refractivity contribution in [2.45, 2.75) is 18.9 Å². The fourth-order valence-electron chi connectivity index (χ4n) is 3.27. The zero-order valence-electron chi connectivity index (χ0n) is 11.2. The Morgan fingerprint density at radius 3 is 2.43 bits per heavy atom. The molecule has 0 spiro atoms. The average molecular weight is 280 g/mol. The molecule has 0 saturated carbocycles. The van der Waals surface area contributed by atoms with Crippen LogP contribution in [0.5, 0.6) is 0 Å². The van der Waals surface area contributed by atoms with Gasteiger partial charge in [-0.15, -0.1) is 0 Å². The van der Waals surface area contributed by atoms with Crippen LogP contribution in [0.2, 0.25) is 0 Å². The van der Waals surface area contributed by atoms with E-state index >= 15 is 0 Å². The summed E-state index contributed by atoms with van der Waals surface area (Å²) in [5, 5.41) is 11.3. The quantitative estimate of drug-likeness (QED) is 0.453. The third kappa shape index (κ3) is 1.60. The van der Waals surface area contributed by atoms with Crippen LogP contribution >= 0.6 is 0 Å². The van der Waals surface area contributed by atoms with Crippen molar-refractivity contribution in [3.8, 4) is 0 Å². The van der Waals surface area contributed by atoms with Gasteiger partial charge in [0.2, 0.25) is 0 Å². The van der Waals surface area contributed by atoms with E-state index in [0.717, 1.165) is 15.9 Å². The Labute approximate surface area is 121 Å². The maximum absolute atomic E-state index is 12.5. The highest BCUT2D eigenvalue weighted by Crippen LogP contribution is 2.39. The first-order valence-electron chi connectivity index (χ1n) is 6.85. The molecule has 2 heterocycles. The van der Waals surface area contributed by atoms with Crippen LogP contribution in [0, 0.1) is 5.21 Å². The molecule has 0 radical (unpaired) electrons. The number of amides is 2. The van der Waals surface area contributed by atoms with Crippen molar-refractivity contribution in [2.75, 3.05) is 0 Å². The highest BCUT2D eigenvalue weighted by molar-refractivity contribution is 6.21. The molecule has 0 unspecified atom stereocenters. The number of fused-ring (bicyclic) bond motifs is 2. The van der Waals surface area contributed by atoms with Crippen LogP contribution in [-0.4, -0.2) is 16.7 Å². The van der Waals surface area contributed by atoms with Gasteiger partial charge >= 0.3 is 0 Å². The van der Waals surface area contributed by atoms with Crippen molar-refractivity contribution in [2.24, 2.45) is 0 Å². The van der Waals surface area contributed by atoms with E-state index in [1.165, 1.54) is 17.3 Å². The minimum Gasteiger partial charge on any atom is -0.619 e. The van der Waals surface area contributed by atoms with Gasteiger partial charge in [0.05, 0.1) is 17.2 Å².